The van der Waals surface area contributed by atoms with Gasteiger partial charge in [0, 0.05) is 17.6 Å². The molecule has 0 spiro atoms. The maximum absolute atomic E-state index is 13.6. The summed E-state index contributed by atoms with van der Waals surface area (Å²) in [5.41, 5.74) is 4.85. The van der Waals surface area contributed by atoms with Crippen molar-refractivity contribution in [3.05, 3.63) is 11.1 Å². The van der Waals surface area contributed by atoms with Gasteiger partial charge in [-0.05, 0) is 13.8 Å². The van der Waals surface area contributed by atoms with Gasteiger partial charge in [-0.25, -0.2) is 9.18 Å². The summed E-state index contributed by atoms with van der Waals surface area (Å²) >= 11 is 0. The third-order valence-corrected chi connectivity index (χ3v) is 2.22. The van der Waals surface area contributed by atoms with Crippen LogP contribution in [0.15, 0.2) is 11.1 Å². The maximum Gasteiger partial charge on any atom is 0.331 e. The molecule has 0 aliphatic heterocycles. The van der Waals surface area contributed by atoms with Gasteiger partial charge in [-0.15, -0.1) is 0 Å². The second kappa shape index (κ2) is 5.02. The minimum atomic E-state index is -2.46. The van der Waals surface area contributed by atoms with E-state index in [0.717, 1.165) is 0 Å². The molecule has 0 bridgehead atoms. The Hall–Kier alpha value is -1.23. The molecular weight excluding hydrogens is 201 g/mol. The number of halogens is 1. The van der Waals surface area contributed by atoms with Crippen molar-refractivity contribution in [3.63, 3.8) is 0 Å². The number of carboxylic acid groups (broad SMARTS) is 1. The first-order valence-electron chi connectivity index (χ1n) is 4.67. The van der Waals surface area contributed by atoms with E-state index >= 15 is 0 Å². The summed E-state index contributed by atoms with van der Waals surface area (Å²) in [5.74, 6) is -4.66. The van der Waals surface area contributed by atoms with Crippen LogP contribution in [0.2, 0.25) is 0 Å². The summed E-state index contributed by atoms with van der Waals surface area (Å²) in [6.45, 7) is 4.21. The number of rotatable bonds is 5. The highest BCUT2D eigenvalue weighted by atomic mass is 19.1. The topological polar surface area (TPSA) is 80.4 Å². The van der Waals surface area contributed by atoms with Crippen molar-refractivity contribution in [3.8, 4) is 0 Å². The molecule has 15 heavy (non-hydrogen) atoms. The fourth-order valence-electron chi connectivity index (χ4n) is 1.12. The highest BCUT2D eigenvalue weighted by molar-refractivity contribution is 6.06. The predicted molar refractivity (Wildman–Crippen MR) is 54.0 cm³/mol. The Labute approximate surface area is 88.0 Å². The monoisotopic (exact) mass is 217 g/mol. The third kappa shape index (κ3) is 3.43. The number of ketones is 1. The number of aliphatic carboxylic acids is 1. The van der Waals surface area contributed by atoms with Gasteiger partial charge in [0.05, 0.1) is 0 Å². The lowest BCUT2D eigenvalue weighted by atomic mass is 9.96. The zero-order chi connectivity index (χ0) is 12.2. The van der Waals surface area contributed by atoms with Gasteiger partial charge >= 0.3 is 5.97 Å². The maximum atomic E-state index is 13.6. The highest BCUT2D eigenvalue weighted by Gasteiger charge is 2.34. The highest BCUT2D eigenvalue weighted by Crippen LogP contribution is 2.19. The largest absolute Gasteiger partial charge is 0.478 e. The van der Waals surface area contributed by atoms with Crippen LogP contribution in [0.25, 0.3) is 0 Å². The van der Waals surface area contributed by atoms with Crippen LogP contribution in [0.4, 0.5) is 4.39 Å². The van der Waals surface area contributed by atoms with Crippen molar-refractivity contribution >= 4 is 11.8 Å². The van der Waals surface area contributed by atoms with Crippen LogP contribution in [0, 0.1) is 0 Å². The first-order valence-corrected chi connectivity index (χ1v) is 4.67. The van der Waals surface area contributed by atoms with Crippen molar-refractivity contribution in [2.45, 2.75) is 39.4 Å². The molecule has 0 saturated heterocycles. The van der Waals surface area contributed by atoms with E-state index in [1.54, 1.807) is 6.92 Å². The molecule has 1 atom stereocenters. The fourth-order valence-corrected chi connectivity index (χ4v) is 1.12. The molecule has 0 aromatic rings. The minimum absolute atomic E-state index is 0.115. The Bertz CT molecular complexity index is 308. The van der Waals surface area contributed by atoms with E-state index in [1.165, 1.54) is 13.8 Å². The number of carbonyl (C=O) groups excluding carboxylic acids is 1. The Morgan fingerprint density at radius 2 is 1.80 bits per heavy atom. The van der Waals surface area contributed by atoms with Crippen molar-refractivity contribution in [1.29, 1.82) is 0 Å². The summed E-state index contributed by atoms with van der Waals surface area (Å²) in [6, 6.07) is 0. The Morgan fingerprint density at radius 3 is 2.13 bits per heavy atom. The van der Waals surface area contributed by atoms with Crippen LogP contribution in [0.5, 0.6) is 0 Å². The van der Waals surface area contributed by atoms with Gasteiger partial charge in [0.1, 0.15) is 0 Å². The molecule has 1 unspecified atom stereocenters. The van der Waals surface area contributed by atoms with Crippen LogP contribution in [0.3, 0.4) is 0 Å². The van der Waals surface area contributed by atoms with Crippen molar-refractivity contribution in [2.75, 3.05) is 0 Å². The number of carboxylic acids is 1. The molecular formula is C10H16FNO3. The van der Waals surface area contributed by atoms with Crippen LogP contribution in [0.1, 0.15) is 33.6 Å². The molecule has 0 aliphatic carbocycles. The lowest BCUT2D eigenvalue weighted by molar-refractivity contribution is -0.133. The summed E-state index contributed by atoms with van der Waals surface area (Å²) in [4.78, 5) is 22.0. The van der Waals surface area contributed by atoms with Crippen LogP contribution in [-0.2, 0) is 9.59 Å². The molecule has 0 heterocycles. The smallest absolute Gasteiger partial charge is 0.331 e. The zero-order valence-corrected chi connectivity index (χ0v) is 9.13. The minimum Gasteiger partial charge on any atom is -0.478 e. The Balaban J connectivity index is 5.02. The van der Waals surface area contributed by atoms with Crippen molar-refractivity contribution < 1.29 is 19.1 Å². The third-order valence-electron chi connectivity index (χ3n) is 2.22. The molecule has 3 N–H and O–H groups in total. The Morgan fingerprint density at radius 1 is 1.33 bits per heavy atom. The van der Waals surface area contributed by atoms with Gasteiger partial charge in [0.15, 0.2) is 0 Å². The van der Waals surface area contributed by atoms with E-state index < -0.39 is 17.5 Å². The summed E-state index contributed by atoms with van der Waals surface area (Å²) in [7, 11) is 0. The van der Waals surface area contributed by atoms with E-state index in [-0.39, 0.29) is 17.6 Å². The van der Waals surface area contributed by atoms with E-state index in [9.17, 15) is 14.0 Å². The molecule has 5 heteroatoms. The summed E-state index contributed by atoms with van der Waals surface area (Å²) in [6.07, 6.45) is 0.300. The molecule has 0 aromatic heterocycles. The Kier molecular flexibility index (Phi) is 4.61. The van der Waals surface area contributed by atoms with Gasteiger partial charge in [-0.1, -0.05) is 13.3 Å². The van der Waals surface area contributed by atoms with E-state index in [4.69, 9.17) is 10.8 Å². The van der Waals surface area contributed by atoms with Gasteiger partial charge in [0.2, 0.25) is 11.6 Å². The molecule has 0 fully saturated rings. The normalized spacial score (nSPS) is 16.6. The quantitative estimate of drug-likeness (QED) is 0.538. The first-order chi connectivity index (χ1) is 6.74. The SMILES string of the molecule is CCCC(N)(F)C(=O)C(C)=C(C)C(=O)O. The number of hydrogen-bond acceptors (Lipinski definition) is 3. The summed E-state index contributed by atoms with van der Waals surface area (Å²) < 4.78 is 13.6. The lowest BCUT2D eigenvalue weighted by Crippen LogP contribution is -2.44. The van der Waals surface area contributed by atoms with Gasteiger partial charge < -0.3 is 5.11 Å². The first kappa shape index (κ1) is 13.8. The number of Topliss-reactive ketones (excluding diaryl/α,β-unsaturated/α-hetero) is 1. The van der Waals surface area contributed by atoms with Gasteiger partial charge in [0.25, 0.3) is 0 Å². The number of carbonyl (C=O) groups is 2. The van der Waals surface area contributed by atoms with E-state index in [1.807, 2.05) is 0 Å². The van der Waals surface area contributed by atoms with Gasteiger partial charge in [-0.3, -0.25) is 10.5 Å². The van der Waals surface area contributed by atoms with Crippen molar-refractivity contribution in [2.24, 2.45) is 5.73 Å². The zero-order valence-electron chi connectivity index (χ0n) is 9.13. The number of hydrogen-bond donors (Lipinski definition) is 2. The fraction of sp³-hybridized carbons (Fsp3) is 0.600. The molecule has 4 nitrogen and oxygen atoms in total. The molecule has 0 aliphatic rings. The summed E-state index contributed by atoms with van der Waals surface area (Å²) in [5, 5.41) is 8.62. The van der Waals surface area contributed by atoms with Crippen LogP contribution < -0.4 is 5.73 Å². The van der Waals surface area contributed by atoms with Gasteiger partial charge in [-0.2, -0.15) is 0 Å². The van der Waals surface area contributed by atoms with Crippen LogP contribution >= 0.6 is 0 Å². The molecule has 0 amide bonds. The molecule has 0 radical (unpaired) electrons. The number of alkyl halides is 1. The number of nitrogens with two attached hydrogens (primary N) is 1. The average Bonchev–Trinajstić information content (AvgIpc) is 2.14. The molecule has 0 saturated carbocycles. The van der Waals surface area contributed by atoms with Crippen LogP contribution in [-0.4, -0.2) is 22.7 Å². The van der Waals surface area contributed by atoms with Crippen molar-refractivity contribution in [1.82, 2.24) is 0 Å². The molecule has 0 rings (SSSR count). The van der Waals surface area contributed by atoms with E-state index in [2.05, 4.69) is 0 Å². The molecule has 0 aromatic carbocycles. The van der Waals surface area contributed by atoms with E-state index in [0.29, 0.717) is 6.42 Å². The second-order valence-corrected chi connectivity index (χ2v) is 3.50. The standard InChI is InChI=1S/C10H16FNO3/c1-4-5-10(11,12)8(13)6(2)7(3)9(14)15/h4-5,12H2,1-3H3,(H,14,15). The molecule has 86 valence electrons. The lowest BCUT2D eigenvalue weighted by Gasteiger charge is -2.18. The second-order valence-electron chi connectivity index (χ2n) is 3.50. The average molecular weight is 217 g/mol. The predicted octanol–water partition coefficient (Wildman–Crippen LogP) is 1.40.